The number of halogens is 2. The van der Waals surface area contributed by atoms with Gasteiger partial charge in [0.1, 0.15) is 11.9 Å². The summed E-state index contributed by atoms with van der Waals surface area (Å²) in [6.07, 6.45) is 3.97. The fraction of sp³-hybridized carbons (Fsp3) is 0.294. The summed E-state index contributed by atoms with van der Waals surface area (Å²) >= 11 is 12.6. The third kappa shape index (κ3) is 7.16. The number of hydrogen-bond donors (Lipinski definition) is 1. The van der Waals surface area contributed by atoms with E-state index < -0.39 is 13.1 Å². The molecule has 0 aliphatic rings. The van der Waals surface area contributed by atoms with E-state index in [1.54, 1.807) is 50.1 Å². The first kappa shape index (κ1) is 34.1. The van der Waals surface area contributed by atoms with Crippen molar-refractivity contribution in [3.8, 4) is 11.1 Å². The number of hydrogen-bond acceptors (Lipinski definition) is 7. The van der Waals surface area contributed by atoms with E-state index >= 15 is 0 Å². The Morgan fingerprint density at radius 1 is 0.935 bits per heavy atom. The third-order valence-electron chi connectivity index (χ3n) is 7.84. The van der Waals surface area contributed by atoms with E-state index in [-0.39, 0.29) is 25.1 Å². The van der Waals surface area contributed by atoms with Crippen LogP contribution >= 0.6 is 30.8 Å². The molecular weight excluding hydrogens is 646 g/mol. The number of nitrogens with zero attached hydrogens (tertiary/aromatic N) is 3. The molecule has 3 aromatic carbocycles. The lowest BCUT2D eigenvalue weighted by Gasteiger charge is -2.32. The van der Waals surface area contributed by atoms with Gasteiger partial charge in [0.05, 0.1) is 36.9 Å². The summed E-state index contributed by atoms with van der Waals surface area (Å²) in [5, 5.41) is 2.01. The van der Waals surface area contributed by atoms with Crippen molar-refractivity contribution in [1.82, 2.24) is 14.1 Å². The summed E-state index contributed by atoms with van der Waals surface area (Å²) in [6.45, 7) is 4.93. The van der Waals surface area contributed by atoms with Crippen LogP contribution in [0.2, 0.25) is 10.0 Å². The zero-order valence-electron chi connectivity index (χ0n) is 26.0. The minimum Gasteiger partial charge on any atom is -0.369 e. The molecule has 2 aromatic heterocycles. The molecule has 0 radical (unpaired) electrons. The number of nitrogens with two attached hydrogens (primary N) is 1. The fourth-order valence-corrected chi connectivity index (χ4v) is 7.30. The van der Waals surface area contributed by atoms with Crippen molar-refractivity contribution in [3.05, 3.63) is 123 Å². The van der Waals surface area contributed by atoms with E-state index in [0.717, 1.165) is 38.9 Å². The molecule has 1 atom stereocenters. The molecule has 242 valence electrons. The summed E-state index contributed by atoms with van der Waals surface area (Å²) in [7, 11) is -1.55. The monoisotopic (exact) mass is 682 g/mol. The Labute approximate surface area is 278 Å². The molecule has 0 spiro atoms. The van der Waals surface area contributed by atoms with Crippen LogP contribution in [0, 0.1) is 0 Å². The van der Waals surface area contributed by atoms with Crippen LogP contribution in [0.25, 0.3) is 22.0 Å². The molecule has 0 unspecified atom stereocenters. The summed E-state index contributed by atoms with van der Waals surface area (Å²) in [4.78, 5) is 17.5. The van der Waals surface area contributed by atoms with E-state index in [1.807, 2.05) is 65.2 Å². The van der Waals surface area contributed by atoms with Crippen LogP contribution in [0.4, 0.5) is 0 Å². The molecule has 12 heteroatoms. The molecule has 46 heavy (non-hydrogen) atoms. The lowest BCUT2D eigenvalue weighted by molar-refractivity contribution is 0.128. The lowest BCUT2D eigenvalue weighted by Crippen LogP contribution is -2.41. The summed E-state index contributed by atoms with van der Waals surface area (Å²) in [5.74, 6) is 0. The maximum atomic E-state index is 13.0. The number of rotatable bonds is 14. The Hall–Kier alpha value is -3.27. The number of benzene rings is 3. The molecule has 5 aromatic rings. The Morgan fingerprint density at radius 3 is 2.35 bits per heavy atom. The Kier molecular flexibility index (Phi) is 10.9. The lowest BCUT2D eigenvalue weighted by atomic mass is 9.80. The molecule has 0 saturated carbocycles. The Morgan fingerprint density at radius 2 is 1.65 bits per heavy atom. The maximum absolute atomic E-state index is 13.0. The van der Waals surface area contributed by atoms with Gasteiger partial charge in [-0.1, -0.05) is 53.5 Å². The van der Waals surface area contributed by atoms with Crippen molar-refractivity contribution in [3.63, 3.8) is 0 Å². The topological polar surface area (TPSA) is 111 Å². The molecule has 2 N–H and O–H groups in total. The molecule has 0 aliphatic carbocycles. The highest BCUT2D eigenvalue weighted by molar-refractivity contribution is 7.53. The van der Waals surface area contributed by atoms with E-state index in [2.05, 4.69) is 4.98 Å². The van der Waals surface area contributed by atoms with Gasteiger partial charge in [0.2, 0.25) is 0 Å². The van der Waals surface area contributed by atoms with Crippen molar-refractivity contribution < 1.29 is 18.3 Å². The highest BCUT2D eigenvalue weighted by atomic mass is 35.5. The smallest absolute Gasteiger partial charge is 0.356 e. The van der Waals surface area contributed by atoms with Crippen LogP contribution in [-0.2, 0) is 37.5 Å². The number of ether oxygens (including phenoxy) is 1. The van der Waals surface area contributed by atoms with E-state index in [9.17, 15) is 9.36 Å². The van der Waals surface area contributed by atoms with Crippen molar-refractivity contribution in [2.24, 2.45) is 12.8 Å². The van der Waals surface area contributed by atoms with Crippen LogP contribution in [0.15, 0.2) is 90.1 Å². The van der Waals surface area contributed by atoms with Crippen molar-refractivity contribution in [2.75, 3.05) is 26.2 Å². The third-order valence-corrected chi connectivity index (χ3v) is 10.1. The average Bonchev–Trinajstić information content (AvgIpc) is 3.52. The second-order valence-corrected chi connectivity index (χ2v) is 13.7. The second kappa shape index (κ2) is 14.7. The predicted octanol–water partition coefficient (Wildman–Crippen LogP) is 7.59. The van der Waals surface area contributed by atoms with Crippen LogP contribution in [0.5, 0.6) is 0 Å². The summed E-state index contributed by atoms with van der Waals surface area (Å²) in [6, 6.07) is 22.4. The highest BCUT2D eigenvalue weighted by Crippen LogP contribution is 2.47. The molecule has 9 nitrogen and oxygen atoms in total. The van der Waals surface area contributed by atoms with Gasteiger partial charge >= 0.3 is 7.60 Å². The molecule has 2 heterocycles. The van der Waals surface area contributed by atoms with Crippen molar-refractivity contribution in [2.45, 2.75) is 32.4 Å². The van der Waals surface area contributed by atoms with Crippen LogP contribution in [0.3, 0.4) is 0 Å². The zero-order chi connectivity index (χ0) is 32.9. The summed E-state index contributed by atoms with van der Waals surface area (Å²) in [5.41, 5.74) is 10.9. The first-order chi connectivity index (χ1) is 22.1. The number of imidazole rings is 1. The van der Waals surface area contributed by atoms with Gasteiger partial charge in [-0.2, -0.15) is 0 Å². The van der Waals surface area contributed by atoms with Crippen LogP contribution in [-0.4, -0.2) is 40.3 Å². The number of aromatic nitrogens is 3. The molecule has 0 amide bonds. The highest BCUT2D eigenvalue weighted by Gasteiger charge is 2.36. The van der Waals surface area contributed by atoms with E-state index in [4.69, 9.17) is 42.7 Å². The predicted molar refractivity (Wildman–Crippen MR) is 184 cm³/mol. The molecule has 0 saturated heterocycles. The van der Waals surface area contributed by atoms with Gasteiger partial charge in [-0.25, -0.2) is 4.98 Å². The maximum Gasteiger partial charge on any atom is 0.356 e. The Bertz CT molecular complexity index is 1920. The van der Waals surface area contributed by atoms with Gasteiger partial charge in [-0.05, 0) is 78.9 Å². The van der Waals surface area contributed by atoms with Gasteiger partial charge in [-0.15, -0.1) is 0 Å². The first-order valence-corrected chi connectivity index (χ1v) is 17.5. The minimum atomic E-state index is -3.30. The van der Waals surface area contributed by atoms with E-state index in [1.165, 1.54) is 0 Å². The molecule has 0 aliphatic heterocycles. The minimum absolute atomic E-state index is 0.119. The standard InChI is InChI=1S/C34H37Cl2N4O5P/c1-4-44-46(42,45-5-2)23-43-17-7-16-40-22-38-21-32(40)34(37,25-10-13-27(35)14-11-25)26-12-15-31-30(19-26)29(20-33(41)39(31)3)24-8-6-9-28(36)18-24/h6,8-15,18-22H,4-5,7,16-17,23,37H2,1-3H3/t34-/m1/s1. The van der Waals surface area contributed by atoms with Gasteiger partial charge in [-0.3, -0.25) is 9.36 Å². The number of aryl methyl sites for hydroxylation is 2. The number of fused-ring (bicyclic) bond motifs is 1. The molecular formula is C34H37Cl2N4O5P. The fourth-order valence-electron chi connectivity index (χ4n) is 5.62. The van der Waals surface area contributed by atoms with Gasteiger partial charge in [0.15, 0.2) is 0 Å². The number of pyridine rings is 1. The molecule has 0 fully saturated rings. The van der Waals surface area contributed by atoms with Gasteiger partial charge in [0, 0.05) is 41.7 Å². The van der Waals surface area contributed by atoms with Gasteiger partial charge < -0.3 is 28.7 Å². The second-order valence-electron chi connectivity index (χ2n) is 10.8. The van der Waals surface area contributed by atoms with E-state index in [0.29, 0.717) is 29.6 Å². The SMILES string of the molecule is CCOP(=O)(COCCCn1cncc1[C@@](N)(c1ccc(Cl)cc1)c1ccc2c(c1)c(-c1cccc(Cl)c1)cc(=O)n2C)OCC. The average molecular weight is 684 g/mol. The van der Waals surface area contributed by atoms with Crippen LogP contribution in [0.1, 0.15) is 37.1 Å². The zero-order valence-corrected chi connectivity index (χ0v) is 28.4. The molecule has 5 rings (SSSR count). The summed E-state index contributed by atoms with van der Waals surface area (Å²) < 4.78 is 32.7. The molecule has 0 bridgehead atoms. The van der Waals surface area contributed by atoms with Gasteiger partial charge in [0.25, 0.3) is 5.56 Å². The van der Waals surface area contributed by atoms with Crippen LogP contribution < -0.4 is 11.3 Å². The first-order valence-electron chi connectivity index (χ1n) is 15.0. The van der Waals surface area contributed by atoms with Crippen molar-refractivity contribution in [1.29, 1.82) is 0 Å². The quantitative estimate of drug-likeness (QED) is 0.0949. The van der Waals surface area contributed by atoms with Crippen molar-refractivity contribution >= 4 is 41.7 Å². The largest absolute Gasteiger partial charge is 0.369 e. The normalized spacial score (nSPS) is 13.3. The Balaban J connectivity index is 1.54.